The maximum atomic E-state index is 11.6. The molecule has 0 spiro atoms. The summed E-state index contributed by atoms with van der Waals surface area (Å²) in [5.41, 5.74) is 9.77. The van der Waals surface area contributed by atoms with Crippen molar-refractivity contribution in [3.05, 3.63) is 34.9 Å². The minimum absolute atomic E-state index is 0.221. The lowest BCUT2D eigenvalue weighted by Gasteiger charge is -2.47. The van der Waals surface area contributed by atoms with Gasteiger partial charge < -0.3 is 15.8 Å². The molecule has 4 heteroatoms. The number of ether oxygens (including phenoxy) is 1. The highest BCUT2D eigenvalue weighted by molar-refractivity contribution is 5.90. The Hall–Kier alpha value is -1.97. The third kappa shape index (κ3) is 3.74. The number of hydrogen-bond donors (Lipinski definition) is 2. The standard InChI is InChI=1S/C22H32N2O2/c1-5-6-7-8-15-12-18(24-21(23)25)20-16-11-14(2)9-10-17(16)22(3,4)26-19(20)13-15/h11-13,16-17H,5-10H2,1-4H3,(H3,23,24,25)/t16-,17-/m1/s1. The van der Waals surface area contributed by atoms with Gasteiger partial charge >= 0.3 is 6.03 Å². The van der Waals surface area contributed by atoms with Gasteiger partial charge in [-0.15, -0.1) is 0 Å². The number of nitrogens with one attached hydrogen (secondary N) is 1. The van der Waals surface area contributed by atoms with Crippen LogP contribution in [0.3, 0.4) is 0 Å². The summed E-state index contributed by atoms with van der Waals surface area (Å²) in [6, 6.07) is 3.75. The van der Waals surface area contributed by atoms with Gasteiger partial charge in [0.2, 0.25) is 0 Å². The van der Waals surface area contributed by atoms with Crippen LogP contribution in [-0.4, -0.2) is 11.6 Å². The molecule has 1 aromatic rings. The summed E-state index contributed by atoms with van der Waals surface area (Å²) < 4.78 is 6.47. The molecule has 2 aliphatic rings. The number of urea groups is 1. The number of fused-ring (bicyclic) bond motifs is 3. The van der Waals surface area contributed by atoms with E-state index in [1.807, 2.05) is 0 Å². The maximum Gasteiger partial charge on any atom is 0.316 e. The van der Waals surface area contributed by atoms with E-state index in [-0.39, 0.29) is 11.5 Å². The molecule has 0 bridgehead atoms. The van der Waals surface area contributed by atoms with Crippen molar-refractivity contribution in [3.8, 4) is 5.75 Å². The molecular formula is C22H32N2O2. The summed E-state index contributed by atoms with van der Waals surface area (Å²) >= 11 is 0. The fraction of sp³-hybridized carbons (Fsp3) is 0.591. The molecule has 3 rings (SSSR count). The number of allylic oxidation sites excluding steroid dienone is 2. The highest BCUT2D eigenvalue weighted by Crippen LogP contribution is 2.53. The first-order chi connectivity index (χ1) is 12.3. The van der Waals surface area contributed by atoms with Crippen LogP contribution in [0, 0.1) is 5.92 Å². The number of anilines is 1. The van der Waals surface area contributed by atoms with Crippen LogP contribution >= 0.6 is 0 Å². The van der Waals surface area contributed by atoms with Crippen LogP contribution in [0.15, 0.2) is 23.8 Å². The fourth-order valence-electron chi connectivity index (χ4n) is 4.56. The van der Waals surface area contributed by atoms with Gasteiger partial charge in [-0.2, -0.15) is 0 Å². The van der Waals surface area contributed by atoms with Crippen LogP contribution in [0.5, 0.6) is 5.75 Å². The molecule has 142 valence electrons. The molecule has 0 saturated carbocycles. The topological polar surface area (TPSA) is 64.3 Å². The predicted molar refractivity (Wildman–Crippen MR) is 107 cm³/mol. The van der Waals surface area contributed by atoms with Gasteiger partial charge in [-0.25, -0.2) is 4.79 Å². The molecule has 1 aliphatic heterocycles. The van der Waals surface area contributed by atoms with Gasteiger partial charge in [0.05, 0.1) is 5.69 Å². The Morgan fingerprint density at radius 1 is 1.35 bits per heavy atom. The summed E-state index contributed by atoms with van der Waals surface area (Å²) in [5, 5.41) is 2.87. The van der Waals surface area contributed by atoms with Crippen LogP contribution < -0.4 is 15.8 Å². The molecule has 0 aromatic heterocycles. The lowest BCUT2D eigenvalue weighted by Crippen LogP contribution is -2.45. The third-order valence-corrected chi connectivity index (χ3v) is 5.88. The minimum atomic E-state index is -0.518. The first-order valence-corrected chi connectivity index (χ1v) is 9.91. The summed E-state index contributed by atoms with van der Waals surface area (Å²) in [6.07, 6.45) is 9.09. The zero-order valence-electron chi connectivity index (χ0n) is 16.5. The average molecular weight is 357 g/mol. The summed E-state index contributed by atoms with van der Waals surface area (Å²) in [7, 11) is 0. The van der Waals surface area contributed by atoms with E-state index < -0.39 is 6.03 Å². The summed E-state index contributed by atoms with van der Waals surface area (Å²) in [5.74, 6) is 1.56. The van der Waals surface area contributed by atoms with E-state index in [4.69, 9.17) is 10.5 Å². The molecule has 0 unspecified atom stereocenters. The lowest BCUT2D eigenvalue weighted by molar-refractivity contribution is 0.0119. The number of amides is 2. The third-order valence-electron chi connectivity index (χ3n) is 5.88. The Kier molecular flexibility index (Phi) is 5.31. The normalized spacial score (nSPS) is 23.3. The van der Waals surface area contributed by atoms with E-state index in [9.17, 15) is 4.79 Å². The second-order valence-corrected chi connectivity index (χ2v) is 8.39. The number of unbranched alkanes of at least 4 members (excludes halogenated alkanes) is 2. The van der Waals surface area contributed by atoms with Crippen LogP contribution in [-0.2, 0) is 6.42 Å². The van der Waals surface area contributed by atoms with Crippen molar-refractivity contribution in [2.75, 3.05) is 5.32 Å². The zero-order valence-corrected chi connectivity index (χ0v) is 16.5. The molecule has 4 nitrogen and oxygen atoms in total. The predicted octanol–water partition coefficient (Wildman–Crippen LogP) is 5.52. The van der Waals surface area contributed by atoms with Crippen molar-refractivity contribution in [3.63, 3.8) is 0 Å². The van der Waals surface area contributed by atoms with Gasteiger partial charge in [-0.05, 0) is 64.2 Å². The van der Waals surface area contributed by atoms with Crippen LogP contribution in [0.2, 0.25) is 0 Å². The number of hydrogen-bond acceptors (Lipinski definition) is 2. The largest absolute Gasteiger partial charge is 0.487 e. The van der Waals surface area contributed by atoms with E-state index in [1.54, 1.807) is 0 Å². The molecule has 2 atom stereocenters. The molecule has 1 heterocycles. The Bertz CT molecular complexity index is 721. The van der Waals surface area contributed by atoms with Crippen molar-refractivity contribution in [2.45, 2.75) is 77.7 Å². The summed E-state index contributed by atoms with van der Waals surface area (Å²) in [4.78, 5) is 11.6. The van der Waals surface area contributed by atoms with Gasteiger partial charge in [0.25, 0.3) is 0 Å². The van der Waals surface area contributed by atoms with Crippen molar-refractivity contribution >= 4 is 11.7 Å². The average Bonchev–Trinajstić information content (AvgIpc) is 2.53. The monoisotopic (exact) mass is 356 g/mol. The molecular weight excluding hydrogens is 324 g/mol. The van der Waals surface area contributed by atoms with Crippen molar-refractivity contribution in [1.82, 2.24) is 0 Å². The SMILES string of the molecule is CCCCCc1cc(NC(N)=O)c2c(c1)OC(C)(C)[C@@H]1CCC(C)=C[C@@H]21. The first kappa shape index (κ1) is 18.8. The molecule has 0 fully saturated rings. The van der Waals surface area contributed by atoms with Gasteiger partial charge in [-0.3, -0.25) is 0 Å². The van der Waals surface area contributed by atoms with E-state index in [2.05, 4.69) is 51.2 Å². The Morgan fingerprint density at radius 2 is 2.12 bits per heavy atom. The van der Waals surface area contributed by atoms with Gasteiger partial charge in [0, 0.05) is 17.4 Å². The van der Waals surface area contributed by atoms with E-state index >= 15 is 0 Å². The molecule has 1 aromatic carbocycles. The molecule has 0 saturated heterocycles. The highest BCUT2D eigenvalue weighted by atomic mass is 16.5. The number of carbonyl (C=O) groups excluding carboxylic acids is 1. The smallest absolute Gasteiger partial charge is 0.316 e. The number of primary amides is 1. The number of benzene rings is 1. The molecule has 0 radical (unpaired) electrons. The molecule has 1 aliphatic carbocycles. The fourth-order valence-corrected chi connectivity index (χ4v) is 4.56. The number of aryl methyl sites for hydroxylation is 1. The lowest BCUT2D eigenvalue weighted by atomic mass is 9.67. The molecule has 26 heavy (non-hydrogen) atoms. The van der Waals surface area contributed by atoms with E-state index in [0.717, 1.165) is 42.7 Å². The molecule has 2 amide bonds. The zero-order chi connectivity index (χ0) is 18.9. The summed E-state index contributed by atoms with van der Waals surface area (Å²) in [6.45, 7) is 8.77. The number of nitrogens with two attached hydrogens (primary N) is 1. The van der Waals surface area contributed by atoms with E-state index in [1.165, 1.54) is 24.0 Å². The minimum Gasteiger partial charge on any atom is -0.487 e. The maximum absolute atomic E-state index is 11.6. The van der Waals surface area contributed by atoms with E-state index in [0.29, 0.717) is 5.92 Å². The van der Waals surface area contributed by atoms with Gasteiger partial charge in [-0.1, -0.05) is 31.4 Å². The van der Waals surface area contributed by atoms with Gasteiger partial charge in [0.1, 0.15) is 11.4 Å². The second kappa shape index (κ2) is 7.34. The Labute approximate surface area is 157 Å². The Morgan fingerprint density at radius 3 is 2.81 bits per heavy atom. The first-order valence-electron chi connectivity index (χ1n) is 9.91. The van der Waals surface area contributed by atoms with Crippen LogP contribution in [0.1, 0.15) is 76.8 Å². The number of rotatable bonds is 5. The Balaban J connectivity index is 2.08. The van der Waals surface area contributed by atoms with Crippen molar-refractivity contribution in [1.29, 1.82) is 0 Å². The van der Waals surface area contributed by atoms with Crippen LogP contribution in [0.25, 0.3) is 0 Å². The van der Waals surface area contributed by atoms with Crippen molar-refractivity contribution in [2.24, 2.45) is 11.7 Å². The van der Waals surface area contributed by atoms with Crippen LogP contribution in [0.4, 0.5) is 10.5 Å². The quantitative estimate of drug-likeness (QED) is 0.539. The second-order valence-electron chi connectivity index (χ2n) is 8.39. The van der Waals surface area contributed by atoms with Crippen molar-refractivity contribution < 1.29 is 9.53 Å². The number of carbonyl (C=O) groups is 1. The van der Waals surface area contributed by atoms with Gasteiger partial charge in [0.15, 0.2) is 0 Å². The molecule has 3 N–H and O–H groups in total. The highest BCUT2D eigenvalue weighted by Gasteiger charge is 2.45.